The molecule has 0 saturated heterocycles. The molecule has 2 nitrogen and oxygen atoms in total. The van der Waals surface area contributed by atoms with Crippen molar-refractivity contribution in [2.45, 2.75) is 6.54 Å². The van der Waals surface area contributed by atoms with Crippen LogP contribution >= 0.6 is 11.6 Å². The van der Waals surface area contributed by atoms with Crippen LogP contribution in [0, 0.1) is 0 Å². The van der Waals surface area contributed by atoms with Crippen molar-refractivity contribution < 1.29 is 9.73 Å². The Kier molecular flexibility index (Phi) is 4.42. The molecule has 0 radical (unpaired) electrons. The van der Waals surface area contributed by atoms with Crippen LogP contribution in [0.1, 0.15) is 11.3 Å². The molecule has 1 heterocycles. The first kappa shape index (κ1) is 12.0. The zero-order valence-corrected chi connectivity index (χ0v) is 10.2. The van der Waals surface area contributed by atoms with Gasteiger partial charge >= 0.3 is 0 Å². The van der Waals surface area contributed by atoms with E-state index < -0.39 is 0 Å². The second kappa shape index (κ2) is 6.28. The molecule has 2 N–H and O–H groups in total. The quantitative estimate of drug-likeness (QED) is 0.811. The van der Waals surface area contributed by atoms with Crippen LogP contribution in [-0.2, 0) is 6.54 Å². The summed E-state index contributed by atoms with van der Waals surface area (Å²) < 4.78 is 5.24. The molecule has 0 aliphatic carbocycles. The molecule has 17 heavy (non-hydrogen) atoms. The molecule has 0 fully saturated rings. The third kappa shape index (κ3) is 4.10. The summed E-state index contributed by atoms with van der Waals surface area (Å²) in [5.74, 6) is 1.00. The maximum Gasteiger partial charge on any atom is 0.157 e. The minimum Gasteiger partial charge on any atom is -0.463 e. The summed E-state index contributed by atoms with van der Waals surface area (Å²) in [5, 5.41) is 2.96. The lowest BCUT2D eigenvalue weighted by molar-refractivity contribution is -0.663. The van der Waals surface area contributed by atoms with E-state index in [0.717, 1.165) is 23.9 Å². The summed E-state index contributed by atoms with van der Waals surface area (Å²) in [7, 11) is 0. The molecule has 0 aliphatic rings. The van der Waals surface area contributed by atoms with Crippen molar-refractivity contribution >= 4 is 17.7 Å². The van der Waals surface area contributed by atoms with Gasteiger partial charge < -0.3 is 9.73 Å². The van der Waals surface area contributed by atoms with Crippen LogP contribution in [0.25, 0.3) is 6.08 Å². The predicted octanol–water partition coefficient (Wildman–Crippen LogP) is 2.71. The fourth-order valence-corrected chi connectivity index (χ4v) is 1.65. The highest BCUT2D eigenvalue weighted by Crippen LogP contribution is 2.10. The Labute approximate surface area is 106 Å². The highest BCUT2D eigenvalue weighted by molar-refractivity contribution is 6.30. The molecule has 1 aromatic heterocycles. The Morgan fingerprint density at radius 3 is 2.71 bits per heavy atom. The minimum atomic E-state index is 0.770. The highest BCUT2D eigenvalue weighted by Gasteiger charge is 1.95. The van der Waals surface area contributed by atoms with Gasteiger partial charge in [0, 0.05) is 5.02 Å². The first-order valence-electron chi connectivity index (χ1n) is 5.61. The van der Waals surface area contributed by atoms with E-state index in [1.807, 2.05) is 36.4 Å². The lowest BCUT2D eigenvalue weighted by Crippen LogP contribution is -2.82. The summed E-state index contributed by atoms with van der Waals surface area (Å²) in [4.78, 5) is 0. The lowest BCUT2D eigenvalue weighted by Gasteiger charge is -1.95. The topological polar surface area (TPSA) is 29.8 Å². The molecule has 2 rings (SSSR count). The van der Waals surface area contributed by atoms with Crippen LogP contribution in [0.4, 0.5) is 0 Å². The van der Waals surface area contributed by atoms with Crippen LogP contribution in [0.15, 0.2) is 53.2 Å². The van der Waals surface area contributed by atoms with Crippen LogP contribution < -0.4 is 5.32 Å². The van der Waals surface area contributed by atoms with Crippen molar-refractivity contribution in [1.82, 2.24) is 0 Å². The Morgan fingerprint density at radius 2 is 2.00 bits per heavy atom. The van der Waals surface area contributed by atoms with E-state index in [2.05, 4.69) is 17.5 Å². The molecule has 2 aromatic rings. The molecular weight excluding hydrogens is 234 g/mol. The van der Waals surface area contributed by atoms with Gasteiger partial charge in [0.1, 0.15) is 6.54 Å². The Bertz CT molecular complexity index is 459. The Hall–Kier alpha value is -1.51. The second-order valence-electron chi connectivity index (χ2n) is 3.76. The van der Waals surface area contributed by atoms with Gasteiger partial charge in [0.25, 0.3) is 0 Å². The molecule has 0 amide bonds. The SMILES string of the molecule is Clc1ccc(/C=C/C[NH2+]Cc2ccco2)cc1. The van der Waals surface area contributed by atoms with Gasteiger partial charge in [-0.15, -0.1) is 0 Å². The van der Waals surface area contributed by atoms with Crippen molar-refractivity contribution in [1.29, 1.82) is 0 Å². The number of furan rings is 1. The molecule has 0 spiro atoms. The summed E-state index contributed by atoms with van der Waals surface area (Å²) in [5.41, 5.74) is 1.17. The van der Waals surface area contributed by atoms with E-state index >= 15 is 0 Å². The fourth-order valence-electron chi connectivity index (χ4n) is 1.53. The van der Waals surface area contributed by atoms with Crippen molar-refractivity contribution in [3.8, 4) is 0 Å². The summed E-state index contributed by atoms with van der Waals surface area (Å²) in [6.45, 7) is 1.81. The standard InChI is InChI=1S/C14H14ClNO/c15-13-7-5-12(6-8-13)3-1-9-16-11-14-4-2-10-17-14/h1-8,10,16H,9,11H2/p+1/b3-1+. The van der Waals surface area contributed by atoms with Crippen LogP contribution in [0.3, 0.4) is 0 Å². The number of halogens is 1. The lowest BCUT2D eigenvalue weighted by atomic mass is 10.2. The van der Waals surface area contributed by atoms with Crippen molar-refractivity contribution in [3.05, 3.63) is 65.1 Å². The van der Waals surface area contributed by atoms with Crippen molar-refractivity contribution in [2.24, 2.45) is 0 Å². The van der Waals surface area contributed by atoms with E-state index in [1.165, 1.54) is 5.56 Å². The molecular formula is C14H15ClNO+. The van der Waals surface area contributed by atoms with Gasteiger partial charge in [-0.05, 0) is 35.9 Å². The molecule has 88 valence electrons. The maximum absolute atomic E-state index is 5.81. The average Bonchev–Trinajstić information content (AvgIpc) is 2.84. The zero-order valence-electron chi connectivity index (χ0n) is 9.47. The Balaban J connectivity index is 1.73. The van der Waals surface area contributed by atoms with Gasteiger partial charge in [-0.1, -0.05) is 29.8 Å². The van der Waals surface area contributed by atoms with Gasteiger partial charge in [-0.3, -0.25) is 0 Å². The van der Waals surface area contributed by atoms with Gasteiger partial charge in [-0.2, -0.15) is 0 Å². The largest absolute Gasteiger partial charge is 0.463 e. The van der Waals surface area contributed by atoms with Gasteiger partial charge in [0.05, 0.1) is 12.8 Å². The number of quaternary nitrogens is 1. The second-order valence-corrected chi connectivity index (χ2v) is 4.20. The maximum atomic E-state index is 5.81. The molecule has 0 saturated carbocycles. The number of nitrogens with two attached hydrogens (primary N) is 1. The normalized spacial score (nSPS) is 11.1. The third-order valence-electron chi connectivity index (χ3n) is 2.41. The van der Waals surface area contributed by atoms with Crippen LogP contribution in [0.2, 0.25) is 5.02 Å². The first-order valence-corrected chi connectivity index (χ1v) is 5.98. The molecule has 0 unspecified atom stereocenters. The van der Waals surface area contributed by atoms with E-state index in [0.29, 0.717) is 0 Å². The van der Waals surface area contributed by atoms with E-state index in [9.17, 15) is 0 Å². The summed E-state index contributed by atoms with van der Waals surface area (Å²) in [6, 6.07) is 11.7. The first-order chi connectivity index (χ1) is 8.34. The molecule has 0 aliphatic heterocycles. The smallest absolute Gasteiger partial charge is 0.157 e. The number of rotatable bonds is 5. The molecule has 3 heteroatoms. The van der Waals surface area contributed by atoms with E-state index in [4.69, 9.17) is 16.0 Å². The van der Waals surface area contributed by atoms with Crippen LogP contribution in [-0.4, -0.2) is 6.54 Å². The predicted molar refractivity (Wildman–Crippen MR) is 69.7 cm³/mol. The van der Waals surface area contributed by atoms with E-state index in [1.54, 1.807) is 6.26 Å². The number of benzene rings is 1. The number of hydrogen-bond acceptors (Lipinski definition) is 1. The third-order valence-corrected chi connectivity index (χ3v) is 2.66. The Morgan fingerprint density at radius 1 is 1.18 bits per heavy atom. The number of hydrogen-bond donors (Lipinski definition) is 1. The monoisotopic (exact) mass is 248 g/mol. The highest BCUT2D eigenvalue weighted by atomic mass is 35.5. The molecule has 0 atom stereocenters. The van der Waals surface area contributed by atoms with E-state index in [-0.39, 0.29) is 0 Å². The summed E-state index contributed by atoms with van der Waals surface area (Å²) in [6.07, 6.45) is 5.92. The van der Waals surface area contributed by atoms with Gasteiger partial charge in [0.15, 0.2) is 5.76 Å². The van der Waals surface area contributed by atoms with Crippen LogP contribution in [0.5, 0.6) is 0 Å². The average molecular weight is 249 g/mol. The zero-order chi connectivity index (χ0) is 11.9. The van der Waals surface area contributed by atoms with Crippen molar-refractivity contribution in [3.63, 3.8) is 0 Å². The summed E-state index contributed by atoms with van der Waals surface area (Å²) >= 11 is 5.81. The van der Waals surface area contributed by atoms with Gasteiger partial charge in [0.2, 0.25) is 0 Å². The molecule has 1 aromatic carbocycles. The molecule has 0 bridgehead atoms. The fraction of sp³-hybridized carbons (Fsp3) is 0.143. The van der Waals surface area contributed by atoms with Crippen molar-refractivity contribution in [2.75, 3.05) is 6.54 Å². The minimum absolute atomic E-state index is 0.770. The van der Waals surface area contributed by atoms with Gasteiger partial charge in [-0.25, -0.2) is 0 Å².